The van der Waals surface area contributed by atoms with Crippen LogP contribution in [0.25, 0.3) is 0 Å². The van der Waals surface area contributed by atoms with Crippen LogP contribution in [0, 0.1) is 0 Å². The molecule has 2 atom stereocenters. The Hall–Kier alpha value is -0.710. The third-order valence-corrected chi connectivity index (χ3v) is 5.09. The number of nitrogens with zero attached hydrogens (tertiary/aromatic N) is 1. The van der Waals surface area contributed by atoms with Crippen molar-refractivity contribution in [2.75, 3.05) is 25.9 Å². The smallest absolute Gasteiger partial charge is 0.231 e. The third kappa shape index (κ3) is 2.76. The molecule has 0 radical (unpaired) electrons. The molecule has 5 heteroatoms. The van der Waals surface area contributed by atoms with Gasteiger partial charge in [0.05, 0.1) is 5.92 Å². The van der Waals surface area contributed by atoms with Crippen LogP contribution in [0.3, 0.4) is 0 Å². The first-order valence-electron chi connectivity index (χ1n) is 6.47. The van der Waals surface area contributed by atoms with Crippen LogP contribution in [-0.4, -0.2) is 42.7 Å². The van der Waals surface area contributed by atoms with Crippen LogP contribution in [0.1, 0.15) is 17.9 Å². The summed E-state index contributed by atoms with van der Waals surface area (Å²) in [5, 5.41) is 3.26. The Morgan fingerprint density at radius 2 is 2.21 bits per heavy atom. The third-order valence-electron chi connectivity index (χ3n) is 3.91. The molecule has 1 amide bonds. The van der Waals surface area contributed by atoms with Crippen molar-refractivity contribution in [1.82, 2.24) is 10.2 Å². The molecule has 2 heterocycles. The van der Waals surface area contributed by atoms with E-state index in [-0.39, 0.29) is 18.3 Å². The van der Waals surface area contributed by atoms with Crippen molar-refractivity contribution in [3.8, 4) is 0 Å². The van der Waals surface area contributed by atoms with Gasteiger partial charge in [0.25, 0.3) is 0 Å². The Morgan fingerprint density at radius 1 is 1.42 bits per heavy atom. The number of likely N-dealkylation sites (N-methyl/N-ethyl adjacent to an activating group) is 1. The van der Waals surface area contributed by atoms with Gasteiger partial charge in [-0.3, -0.25) is 4.79 Å². The second-order valence-corrected chi connectivity index (χ2v) is 6.02. The van der Waals surface area contributed by atoms with Crippen molar-refractivity contribution in [3.05, 3.63) is 29.8 Å². The molecule has 104 valence electrons. The van der Waals surface area contributed by atoms with E-state index in [0.29, 0.717) is 11.9 Å². The maximum Gasteiger partial charge on any atom is 0.231 e. The summed E-state index contributed by atoms with van der Waals surface area (Å²) in [6.07, 6.45) is 1.07. The molecule has 1 saturated heterocycles. The largest absolute Gasteiger partial charge is 0.341 e. The van der Waals surface area contributed by atoms with Crippen LogP contribution in [0.5, 0.6) is 0 Å². The van der Waals surface area contributed by atoms with Gasteiger partial charge in [-0.1, -0.05) is 18.2 Å². The van der Waals surface area contributed by atoms with Gasteiger partial charge in [-0.25, -0.2) is 0 Å². The first kappa shape index (κ1) is 14.7. The van der Waals surface area contributed by atoms with Crippen LogP contribution in [0.15, 0.2) is 29.2 Å². The number of likely N-dealkylation sites (tertiary alicyclic amines) is 1. The average molecular weight is 299 g/mol. The molecule has 0 bridgehead atoms. The first-order valence-corrected chi connectivity index (χ1v) is 7.46. The Balaban J connectivity index is 0.00000133. The van der Waals surface area contributed by atoms with E-state index in [9.17, 15) is 4.79 Å². The Labute approximate surface area is 124 Å². The van der Waals surface area contributed by atoms with Crippen LogP contribution in [-0.2, 0) is 4.79 Å². The molecule has 2 aliphatic heterocycles. The lowest BCUT2D eigenvalue weighted by molar-refractivity contribution is -0.131. The van der Waals surface area contributed by atoms with Gasteiger partial charge in [-0.05, 0) is 25.1 Å². The zero-order valence-corrected chi connectivity index (χ0v) is 12.6. The molecular weight excluding hydrogens is 280 g/mol. The lowest BCUT2D eigenvalue weighted by Crippen LogP contribution is -2.36. The van der Waals surface area contributed by atoms with Crippen LogP contribution in [0.2, 0.25) is 0 Å². The number of amides is 1. The predicted octanol–water partition coefficient (Wildman–Crippen LogP) is 2.12. The number of fused-ring (bicyclic) bond motifs is 1. The zero-order valence-electron chi connectivity index (χ0n) is 11.0. The topological polar surface area (TPSA) is 32.3 Å². The van der Waals surface area contributed by atoms with E-state index in [1.807, 2.05) is 24.1 Å². The predicted molar refractivity (Wildman–Crippen MR) is 81.2 cm³/mol. The van der Waals surface area contributed by atoms with Crippen molar-refractivity contribution in [3.63, 3.8) is 0 Å². The summed E-state index contributed by atoms with van der Waals surface area (Å²) in [5.41, 5.74) is 1.22. The summed E-state index contributed by atoms with van der Waals surface area (Å²) < 4.78 is 0. The van der Waals surface area contributed by atoms with Crippen molar-refractivity contribution in [2.24, 2.45) is 0 Å². The fraction of sp³-hybridized carbons (Fsp3) is 0.500. The molecular formula is C14H19ClN2OS. The second kappa shape index (κ2) is 6.16. The number of thioether (sulfide) groups is 1. The summed E-state index contributed by atoms with van der Waals surface area (Å²) in [6, 6.07) is 8.77. The van der Waals surface area contributed by atoms with E-state index >= 15 is 0 Å². The highest BCUT2D eigenvalue weighted by Crippen LogP contribution is 2.40. The number of halogens is 1. The highest BCUT2D eigenvalue weighted by molar-refractivity contribution is 7.99. The maximum absolute atomic E-state index is 12.6. The summed E-state index contributed by atoms with van der Waals surface area (Å²) >= 11 is 1.81. The molecule has 1 aromatic carbocycles. The number of carbonyl (C=O) groups excluding carboxylic acids is 1. The van der Waals surface area contributed by atoms with Gasteiger partial charge in [0, 0.05) is 29.8 Å². The van der Waals surface area contributed by atoms with E-state index in [0.717, 1.165) is 25.3 Å². The number of nitrogens with one attached hydrogen (secondary N) is 1. The van der Waals surface area contributed by atoms with Crippen LogP contribution in [0.4, 0.5) is 0 Å². The molecule has 3 rings (SSSR count). The minimum atomic E-state index is 0. The number of hydrogen-bond acceptors (Lipinski definition) is 3. The second-order valence-electron chi connectivity index (χ2n) is 4.96. The minimum Gasteiger partial charge on any atom is -0.341 e. The number of benzene rings is 1. The molecule has 0 aliphatic carbocycles. The average Bonchev–Trinajstić information content (AvgIpc) is 3.04. The highest BCUT2D eigenvalue weighted by Gasteiger charge is 2.34. The molecule has 0 aromatic heterocycles. The molecule has 1 N–H and O–H groups in total. The summed E-state index contributed by atoms with van der Waals surface area (Å²) in [7, 11) is 1.97. The summed E-state index contributed by atoms with van der Waals surface area (Å²) in [4.78, 5) is 15.9. The SMILES string of the molecule is CNC1CCN(C(=O)C2CSc3ccccc32)C1.Cl. The van der Waals surface area contributed by atoms with Crippen molar-refractivity contribution in [1.29, 1.82) is 0 Å². The normalized spacial score (nSPS) is 25.0. The maximum atomic E-state index is 12.6. The van der Waals surface area contributed by atoms with E-state index in [1.54, 1.807) is 11.8 Å². The molecule has 2 aliphatic rings. The molecule has 1 fully saturated rings. The summed E-state index contributed by atoms with van der Waals surface area (Å²) in [5.74, 6) is 1.28. The number of rotatable bonds is 2. The van der Waals surface area contributed by atoms with Crippen molar-refractivity contribution >= 4 is 30.1 Å². The Kier molecular flexibility index (Phi) is 4.76. The van der Waals surface area contributed by atoms with Gasteiger partial charge in [-0.2, -0.15) is 0 Å². The van der Waals surface area contributed by atoms with E-state index in [1.165, 1.54) is 10.5 Å². The van der Waals surface area contributed by atoms with Gasteiger partial charge in [0.15, 0.2) is 0 Å². The van der Waals surface area contributed by atoms with Gasteiger partial charge < -0.3 is 10.2 Å². The standard InChI is InChI=1S/C14H18N2OS.ClH/c1-15-10-6-7-16(8-10)14(17)12-9-18-13-5-3-2-4-11(12)13;/h2-5,10,12,15H,6-9H2,1H3;1H. The lowest BCUT2D eigenvalue weighted by atomic mass is 10.00. The van der Waals surface area contributed by atoms with E-state index in [4.69, 9.17) is 0 Å². The molecule has 2 unspecified atom stereocenters. The Morgan fingerprint density at radius 3 is 2.95 bits per heavy atom. The van der Waals surface area contributed by atoms with E-state index < -0.39 is 0 Å². The first-order chi connectivity index (χ1) is 8.79. The Bertz CT molecular complexity index is 469. The van der Waals surface area contributed by atoms with E-state index in [2.05, 4.69) is 17.4 Å². The fourth-order valence-electron chi connectivity index (χ4n) is 2.78. The van der Waals surface area contributed by atoms with Crippen LogP contribution < -0.4 is 5.32 Å². The highest BCUT2D eigenvalue weighted by atomic mass is 35.5. The fourth-order valence-corrected chi connectivity index (χ4v) is 4.00. The summed E-state index contributed by atoms with van der Waals surface area (Å²) in [6.45, 7) is 1.76. The quantitative estimate of drug-likeness (QED) is 0.908. The molecule has 3 nitrogen and oxygen atoms in total. The van der Waals surface area contributed by atoms with Gasteiger partial charge >= 0.3 is 0 Å². The lowest BCUT2D eigenvalue weighted by Gasteiger charge is -2.20. The van der Waals surface area contributed by atoms with Gasteiger partial charge in [0.2, 0.25) is 5.91 Å². The molecule has 19 heavy (non-hydrogen) atoms. The van der Waals surface area contributed by atoms with Crippen molar-refractivity contribution in [2.45, 2.75) is 23.3 Å². The number of hydrogen-bond donors (Lipinski definition) is 1. The minimum absolute atomic E-state index is 0. The zero-order chi connectivity index (χ0) is 12.5. The monoisotopic (exact) mass is 298 g/mol. The van der Waals surface area contributed by atoms with Crippen molar-refractivity contribution < 1.29 is 4.79 Å². The number of carbonyl (C=O) groups is 1. The van der Waals surface area contributed by atoms with Crippen LogP contribution >= 0.6 is 24.2 Å². The molecule has 1 aromatic rings. The molecule has 0 spiro atoms. The van der Waals surface area contributed by atoms with Gasteiger partial charge in [0.1, 0.15) is 0 Å². The molecule has 0 saturated carbocycles. The van der Waals surface area contributed by atoms with Gasteiger partial charge in [-0.15, -0.1) is 24.2 Å².